The molecule has 24 heteroatoms. The van der Waals surface area contributed by atoms with Gasteiger partial charge in [-0.1, -0.05) is 15.9 Å². The summed E-state index contributed by atoms with van der Waals surface area (Å²) in [6, 6.07) is 4.42. The van der Waals surface area contributed by atoms with E-state index in [0.717, 1.165) is 26.1 Å². The summed E-state index contributed by atoms with van der Waals surface area (Å²) < 4.78 is 14.3. The molecule has 6 heterocycles. The molecule has 3 aliphatic carbocycles. The Morgan fingerprint density at radius 2 is 1.13 bits per heavy atom. The minimum Gasteiger partial charge on any atom is -0.790 e. The third-order valence-electron chi connectivity index (χ3n) is 9.93. The topological polar surface area (TPSA) is 294 Å². The smallest absolute Gasteiger partial charge is 0.790 e. The normalized spacial score (nSPS) is 16.6. The van der Waals surface area contributed by atoms with Gasteiger partial charge in [0.1, 0.15) is 17.1 Å². The number of aromatic nitrogens is 6. The minimum atomic E-state index is -0.696. The number of ether oxygens (including phenoxy) is 2. The van der Waals surface area contributed by atoms with E-state index in [0.29, 0.717) is 81.4 Å². The zero-order valence-electron chi connectivity index (χ0n) is 35.6. The number of fused-ring (bicyclic) bond motifs is 3. The summed E-state index contributed by atoms with van der Waals surface area (Å²) >= 11 is 3.38. The van der Waals surface area contributed by atoms with Crippen LogP contribution in [0.2, 0.25) is 0 Å². The SMILES string of the molecule is BrCC1CC1.CCOC(=O)c1cc2n(n1)CCN(CC1CC1)C2=O.CCOC(=O)c1cc2n(n1)CCNC2=O.CO.N[O-].O=C(NO)c1cc2n(n1)CCN(CC1CC1)C2=O.[K+]. The first kappa shape index (κ1) is 52.7. The van der Waals surface area contributed by atoms with Gasteiger partial charge in [0.25, 0.3) is 23.6 Å². The maximum Gasteiger partial charge on any atom is 1.00 e. The quantitative estimate of drug-likeness (QED) is 0.0505. The average molecular weight is 961 g/mol. The van der Waals surface area contributed by atoms with E-state index in [1.165, 1.54) is 70.8 Å². The van der Waals surface area contributed by atoms with Gasteiger partial charge in [0, 0.05) is 63.4 Å². The molecule has 9 rings (SSSR count). The molecule has 336 valence electrons. The van der Waals surface area contributed by atoms with E-state index in [9.17, 15) is 28.8 Å². The summed E-state index contributed by atoms with van der Waals surface area (Å²) in [6.07, 6.45) is 7.76. The van der Waals surface area contributed by atoms with Crippen molar-refractivity contribution in [3.05, 3.63) is 57.6 Å². The fraction of sp³-hybridized carbons (Fsp3) is 0.605. The molecule has 6 N–H and O–H groups in total. The Kier molecular flexibility index (Phi) is 22.3. The fourth-order valence-electron chi connectivity index (χ4n) is 6.24. The van der Waals surface area contributed by atoms with Crippen LogP contribution in [0.4, 0.5) is 0 Å². The van der Waals surface area contributed by atoms with E-state index in [2.05, 4.69) is 42.4 Å². The van der Waals surface area contributed by atoms with Gasteiger partial charge in [0.2, 0.25) is 0 Å². The third kappa shape index (κ3) is 15.0. The number of aliphatic hydroxyl groups excluding tert-OH is 1. The second-order valence-corrected chi connectivity index (χ2v) is 15.2. The van der Waals surface area contributed by atoms with Gasteiger partial charge in [-0.3, -0.25) is 38.4 Å². The van der Waals surface area contributed by atoms with Gasteiger partial charge in [-0.05, 0) is 70.1 Å². The Balaban J connectivity index is 0.000000225. The number of carbonyl (C=O) groups is 6. The van der Waals surface area contributed by atoms with E-state index < -0.39 is 17.8 Å². The van der Waals surface area contributed by atoms with Crippen molar-refractivity contribution in [3.8, 4) is 0 Å². The summed E-state index contributed by atoms with van der Waals surface area (Å²) in [5.74, 6) is 3.64. The van der Waals surface area contributed by atoms with Crippen LogP contribution in [0.3, 0.4) is 0 Å². The number of hydroxylamine groups is 1. The van der Waals surface area contributed by atoms with Crippen molar-refractivity contribution in [1.29, 1.82) is 0 Å². The fourth-order valence-corrected chi connectivity index (χ4v) is 6.88. The summed E-state index contributed by atoms with van der Waals surface area (Å²) in [7, 11) is 1.00. The number of nitrogens with one attached hydrogen (secondary N) is 2. The molecule has 0 radical (unpaired) electrons. The van der Waals surface area contributed by atoms with Gasteiger partial charge in [-0.2, -0.15) is 15.3 Å². The molecular formula is C38H55BrKN11O11. The first-order valence-corrected chi connectivity index (χ1v) is 21.3. The number of rotatable bonds is 10. The van der Waals surface area contributed by atoms with Crippen LogP contribution < -0.4 is 68.1 Å². The molecule has 6 aliphatic rings. The molecule has 62 heavy (non-hydrogen) atoms. The first-order chi connectivity index (χ1) is 29.5. The van der Waals surface area contributed by atoms with Crippen LogP contribution >= 0.6 is 15.9 Å². The molecule has 0 unspecified atom stereocenters. The van der Waals surface area contributed by atoms with Gasteiger partial charge in [0.15, 0.2) is 17.1 Å². The van der Waals surface area contributed by atoms with Crippen LogP contribution in [0.25, 0.3) is 0 Å². The summed E-state index contributed by atoms with van der Waals surface area (Å²) in [5.41, 5.74) is 3.31. The van der Waals surface area contributed by atoms with Crippen molar-refractivity contribution in [1.82, 2.24) is 49.9 Å². The number of esters is 2. The monoisotopic (exact) mass is 959 g/mol. The van der Waals surface area contributed by atoms with Gasteiger partial charge in [0.05, 0.1) is 32.8 Å². The van der Waals surface area contributed by atoms with E-state index in [1.54, 1.807) is 24.6 Å². The average Bonchev–Trinajstić information content (AvgIpc) is 4.25. The van der Waals surface area contributed by atoms with Crippen LogP contribution in [0.1, 0.15) is 115 Å². The number of nitrogens with two attached hydrogens (primary N) is 1. The molecule has 0 spiro atoms. The Bertz CT molecular complexity index is 1980. The largest absolute Gasteiger partial charge is 1.00 e. The maximum atomic E-state index is 12.3. The van der Waals surface area contributed by atoms with Crippen molar-refractivity contribution < 1.29 is 99.9 Å². The third-order valence-corrected chi connectivity index (χ3v) is 10.8. The number of amides is 4. The van der Waals surface area contributed by atoms with Gasteiger partial charge < -0.3 is 40.8 Å². The predicted molar refractivity (Wildman–Crippen MR) is 220 cm³/mol. The van der Waals surface area contributed by atoms with Crippen molar-refractivity contribution in [2.45, 2.75) is 72.0 Å². The second kappa shape index (κ2) is 26.3. The van der Waals surface area contributed by atoms with Gasteiger partial charge in [-0.15, -0.1) is 0 Å². The number of aliphatic hydroxyl groups is 1. The number of alkyl halides is 1. The summed E-state index contributed by atoms with van der Waals surface area (Å²) in [6.45, 7) is 9.36. The van der Waals surface area contributed by atoms with Gasteiger partial charge >= 0.3 is 63.3 Å². The maximum absolute atomic E-state index is 12.3. The summed E-state index contributed by atoms with van der Waals surface area (Å²) in [5, 5.41) is 39.3. The molecule has 3 aromatic heterocycles. The number of halogens is 1. The Hall–Kier alpha value is -3.59. The molecule has 3 aliphatic heterocycles. The molecule has 3 aromatic rings. The minimum absolute atomic E-state index is 0. The zero-order valence-corrected chi connectivity index (χ0v) is 40.3. The van der Waals surface area contributed by atoms with E-state index in [-0.39, 0.29) is 86.2 Å². The van der Waals surface area contributed by atoms with Crippen molar-refractivity contribution >= 4 is 51.5 Å². The van der Waals surface area contributed by atoms with Crippen LogP contribution in [0.5, 0.6) is 0 Å². The van der Waals surface area contributed by atoms with Crippen LogP contribution in [0.15, 0.2) is 18.2 Å². The molecule has 0 saturated heterocycles. The van der Waals surface area contributed by atoms with Crippen molar-refractivity contribution in [2.75, 3.05) is 58.4 Å². The Morgan fingerprint density at radius 3 is 1.50 bits per heavy atom. The van der Waals surface area contributed by atoms with Crippen molar-refractivity contribution in [2.24, 2.45) is 23.7 Å². The number of hydrogen-bond donors (Lipinski definition) is 5. The number of hydrogen-bond acceptors (Lipinski definition) is 15. The molecule has 3 saturated carbocycles. The molecule has 3 fully saturated rings. The standard InChI is InChI=1S/C13H17N3O3.C11H14N4O3.C9H11N3O3.C4H7Br.CH4O.K.H2NO/c1-2-19-13(18)10-7-11-12(17)15(8-9-3-4-9)5-6-16(11)14-10;16-10(13-18)8-5-9-11(17)14(6-7-1-2-7)3-4-15(9)12-8;1-2-15-9(14)6-5-7-8(13)10-3-4-12(7)11-6;5-3-4-1-2-4;1-2;;1-2/h7,9H,2-6,8H2,1H3;5,7,18H,1-4,6H2,(H,13,16);5H,2-4H2,1H3,(H,10,13);4H,1-3H2;2H,1H3;;1H2/q;;;;;+1;-1. The number of carbonyl (C=O) groups excluding carboxylic acids is 6. The van der Waals surface area contributed by atoms with Gasteiger partial charge in [-0.25, -0.2) is 15.1 Å². The number of nitrogens with zero attached hydrogens (tertiary/aromatic N) is 8. The molecule has 22 nitrogen and oxygen atoms in total. The molecule has 4 amide bonds. The van der Waals surface area contributed by atoms with Crippen LogP contribution in [-0.2, 0) is 29.1 Å². The molecule has 0 aromatic carbocycles. The van der Waals surface area contributed by atoms with Crippen molar-refractivity contribution in [3.63, 3.8) is 0 Å². The predicted octanol–water partition coefficient (Wildman–Crippen LogP) is -1.56. The van der Waals surface area contributed by atoms with E-state index in [4.69, 9.17) is 25.0 Å². The Morgan fingerprint density at radius 1 is 0.726 bits per heavy atom. The zero-order chi connectivity index (χ0) is 44.6. The van der Waals surface area contributed by atoms with Crippen LogP contribution in [-0.4, -0.2) is 143 Å². The van der Waals surface area contributed by atoms with E-state index in [1.807, 2.05) is 9.80 Å². The van der Waals surface area contributed by atoms with Crippen LogP contribution in [0, 0.1) is 23.0 Å². The second-order valence-electron chi connectivity index (χ2n) is 14.5. The molecular weight excluding hydrogens is 905 g/mol. The first-order valence-electron chi connectivity index (χ1n) is 20.2. The molecule has 0 atom stereocenters. The Labute approximate surface area is 409 Å². The van der Waals surface area contributed by atoms with E-state index >= 15 is 0 Å². The summed E-state index contributed by atoms with van der Waals surface area (Å²) in [4.78, 5) is 73.7. The molecule has 0 bridgehead atoms.